The summed E-state index contributed by atoms with van der Waals surface area (Å²) in [6.07, 6.45) is -12.6. The maximum absolute atomic E-state index is 12.0. The fourth-order valence-electron chi connectivity index (χ4n) is 3.46. The van der Waals surface area contributed by atoms with Crippen LogP contribution in [0, 0.1) is 0 Å². The Morgan fingerprint density at radius 3 is 2.27 bits per heavy atom. The van der Waals surface area contributed by atoms with Crippen LogP contribution in [0.4, 0.5) is 0 Å². The first kappa shape index (κ1) is 25.5. The molecule has 12 nitrogen and oxygen atoms in total. The van der Waals surface area contributed by atoms with Gasteiger partial charge in [0.25, 0.3) is 0 Å². The van der Waals surface area contributed by atoms with Gasteiger partial charge in [0.2, 0.25) is 0 Å². The molecule has 2 fully saturated rings. The highest BCUT2D eigenvalue weighted by molar-refractivity contribution is 5.87. The third-order valence-electron chi connectivity index (χ3n) is 5.45. The molecule has 2 aliphatic rings. The van der Waals surface area contributed by atoms with Crippen LogP contribution in [0.5, 0.6) is 5.75 Å². The van der Waals surface area contributed by atoms with Gasteiger partial charge in [-0.05, 0) is 30.7 Å². The van der Waals surface area contributed by atoms with Gasteiger partial charge in [0.05, 0.1) is 6.10 Å². The first-order chi connectivity index (χ1) is 15.6. The molecule has 0 aromatic heterocycles. The van der Waals surface area contributed by atoms with Crippen LogP contribution in [0.3, 0.4) is 0 Å². The van der Waals surface area contributed by atoms with Gasteiger partial charge in [-0.25, -0.2) is 4.79 Å². The Morgan fingerprint density at radius 1 is 0.939 bits per heavy atom. The summed E-state index contributed by atoms with van der Waals surface area (Å²) in [4.78, 5) is 12.0. The molecule has 3 rings (SSSR count). The molecule has 1 aromatic carbocycles. The largest absolute Gasteiger partial charge is 0.508 e. The molecule has 2 heterocycles. The molecule has 0 bridgehead atoms. The Kier molecular flexibility index (Phi) is 8.39. The molecule has 0 spiro atoms. The maximum atomic E-state index is 12.0. The van der Waals surface area contributed by atoms with Crippen LogP contribution in [0.1, 0.15) is 12.5 Å². The van der Waals surface area contributed by atoms with Crippen LogP contribution < -0.4 is 0 Å². The number of aliphatic hydroxyl groups is 6. The van der Waals surface area contributed by atoms with E-state index in [2.05, 4.69) is 0 Å². The molecule has 0 radical (unpaired) electrons. The van der Waals surface area contributed by atoms with E-state index in [-0.39, 0.29) is 5.75 Å². The highest BCUT2D eigenvalue weighted by atomic mass is 16.7. The third-order valence-corrected chi connectivity index (χ3v) is 5.45. The van der Waals surface area contributed by atoms with Crippen LogP contribution in [0.15, 0.2) is 30.3 Å². The first-order valence-corrected chi connectivity index (χ1v) is 10.3. The lowest BCUT2D eigenvalue weighted by Gasteiger charge is -2.45. The number of aromatic hydroxyl groups is 1. The highest BCUT2D eigenvalue weighted by Crippen LogP contribution is 2.28. The van der Waals surface area contributed by atoms with Crippen molar-refractivity contribution in [3.8, 4) is 5.75 Å². The number of phenolic OH excluding ortho intramolecular Hbond substituents is 1. The van der Waals surface area contributed by atoms with E-state index in [1.165, 1.54) is 25.1 Å². The summed E-state index contributed by atoms with van der Waals surface area (Å²) >= 11 is 0. The van der Waals surface area contributed by atoms with Crippen molar-refractivity contribution in [1.82, 2.24) is 0 Å². The normalized spacial score (nSPS) is 39.5. The Labute approximate surface area is 188 Å². The molecule has 7 N–H and O–H groups in total. The minimum absolute atomic E-state index is 0.0713. The van der Waals surface area contributed by atoms with Gasteiger partial charge >= 0.3 is 5.97 Å². The molecule has 10 unspecified atom stereocenters. The topological polar surface area (TPSA) is 196 Å². The number of hydrogen-bond donors (Lipinski definition) is 7. The fraction of sp³-hybridized carbons (Fsp3) is 0.571. The van der Waals surface area contributed by atoms with Gasteiger partial charge in [0, 0.05) is 6.08 Å². The number of ether oxygens (including phenoxy) is 4. The molecule has 33 heavy (non-hydrogen) atoms. The Morgan fingerprint density at radius 2 is 1.61 bits per heavy atom. The zero-order valence-corrected chi connectivity index (χ0v) is 17.6. The van der Waals surface area contributed by atoms with E-state index in [1.807, 2.05) is 0 Å². The molecule has 0 saturated carbocycles. The quantitative estimate of drug-likeness (QED) is 0.172. The van der Waals surface area contributed by atoms with E-state index in [0.717, 1.165) is 6.08 Å². The molecule has 2 aliphatic heterocycles. The lowest BCUT2D eigenvalue weighted by molar-refractivity contribution is -0.352. The standard InChI is InChI=1S/C21H28O12/c1-9-14(24)16(26)17(27)21(31-9)33-19-15(25)12(32-20(29)18(19)28)8-30-13(23)7-4-10-2-5-11(22)6-3-10/h2-7,9,12,14-22,24-29H,8H2,1H3. The second-order valence-corrected chi connectivity index (χ2v) is 7.88. The SMILES string of the molecule is CC1OC(OC2C(O)C(O)OC(COC(=O)C=Cc3ccc(O)cc3)C2O)C(O)C(O)C1O. The Bertz CT molecular complexity index is 814. The summed E-state index contributed by atoms with van der Waals surface area (Å²) in [5.74, 6) is -0.712. The number of aliphatic hydroxyl groups excluding tert-OH is 6. The van der Waals surface area contributed by atoms with Gasteiger partial charge in [-0.1, -0.05) is 12.1 Å². The monoisotopic (exact) mass is 472 g/mol. The smallest absolute Gasteiger partial charge is 0.330 e. The molecule has 0 amide bonds. The van der Waals surface area contributed by atoms with E-state index in [0.29, 0.717) is 5.56 Å². The van der Waals surface area contributed by atoms with Crippen LogP contribution in [0.2, 0.25) is 0 Å². The molecular formula is C21H28O12. The van der Waals surface area contributed by atoms with Crippen molar-refractivity contribution in [2.24, 2.45) is 0 Å². The van der Waals surface area contributed by atoms with Crippen LogP contribution in [-0.2, 0) is 23.7 Å². The van der Waals surface area contributed by atoms with Crippen molar-refractivity contribution in [1.29, 1.82) is 0 Å². The van der Waals surface area contributed by atoms with E-state index < -0.39 is 74.0 Å². The summed E-state index contributed by atoms with van der Waals surface area (Å²) in [6, 6.07) is 6.03. The number of phenols is 1. The number of carbonyl (C=O) groups excluding carboxylic acids is 1. The van der Waals surface area contributed by atoms with E-state index in [1.54, 1.807) is 12.1 Å². The van der Waals surface area contributed by atoms with Crippen LogP contribution >= 0.6 is 0 Å². The summed E-state index contributed by atoms with van der Waals surface area (Å²) in [7, 11) is 0. The average molecular weight is 472 g/mol. The van der Waals surface area contributed by atoms with Crippen molar-refractivity contribution >= 4 is 12.0 Å². The lowest BCUT2D eigenvalue weighted by Crippen LogP contribution is -2.64. The van der Waals surface area contributed by atoms with Crippen molar-refractivity contribution in [3.05, 3.63) is 35.9 Å². The lowest BCUT2D eigenvalue weighted by atomic mass is 9.97. The molecule has 12 heteroatoms. The number of esters is 1. The molecule has 10 atom stereocenters. The number of rotatable bonds is 6. The van der Waals surface area contributed by atoms with Gasteiger partial charge in [-0.15, -0.1) is 0 Å². The third kappa shape index (κ3) is 6.06. The van der Waals surface area contributed by atoms with Crippen molar-refractivity contribution in [3.63, 3.8) is 0 Å². The molecule has 0 aliphatic carbocycles. The molecule has 184 valence electrons. The second kappa shape index (κ2) is 10.9. The van der Waals surface area contributed by atoms with E-state index in [9.17, 15) is 40.5 Å². The first-order valence-electron chi connectivity index (χ1n) is 10.3. The van der Waals surface area contributed by atoms with Gasteiger partial charge < -0.3 is 54.7 Å². The van der Waals surface area contributed by atoms with Gasteiger partial charge in [-0.3, -0.25) is 0 Å². The minimum atomic E-state index is -1.82. The number of hydrogen-bond acceptors (Lipinski definition) is 12. The highest BCUT2D eigenvalue weighted by Gasteiger charge is 2.50. The Hall–Kier alpha value is -2.13. The average Bonchev–Trinajstić information content (AvgIpc) is 2.79. The summed E-state index contributed by atoms with van der Waals surface area (Å²) in [5, 5.41) is 69.8. The van der Waals surface area contributed by atoms with E-state index >= 15 is 0 Å². The zero-order chi connectivity index (χ0) is 24.3. The van der Waals surface area contributed by atoms with Gasteiger partial charge in [0.15, 0.2) is 12.6 Å². The van der Waals surface area contributed by atoms with Crippen molar-refractivity contribution < 1.29 is 59.5 Å². The van der Waals surface area contributed by atoms with Crippen molar-refractivity contribution in [2.75, 3.05) is 6.61 Å². The molecule has 2 saturated heterocycles. The minimum Gasteiger partial charge on any atom is -0.508 e. The Balaban J connectivity index is 1.59. The predicted octanol–water partition coefficient (Wildman–Crippen LogP) is -2.40. The van der Waals surface area contributed by atoms with Gasteiger partial charge in [-0.2, -0.15) is 0 Å². The zero-order valence-electron chi connectivity index (χ0n) is 17.6. The van der Waals surface area contributed by atoms with E-state index in [4.69, 9.17) is 18.9 Å². The van der Waals surface area contributed by atoms with Crippen LogP contribution in [-0.4, -0.2) is 110 Å². The fourth-order valence-corrected chi connectivity index (χ4v) is 3.46. The van der Waals surface area contributed by atoms with Crippen LogP contribution in [0.25, 0.3) is 6.08 Å². The maximum Gasteiger partial charge on any atom is 0.330 e. The second-order valence-electron chi connectivity index (χ2n) is 7.88. The van der Waals surface area contributed by atoms with Crippen molar-refractivity contribution in [2.45, 2.75) is 68.3 Å². The number of benzene rings is 1. The summed E-state index contributed by atoms with van der Waals surface area (Å²) < 4.78 is 20.8. The predicted molar refractivity (Wildman–Crippen MR) is 108 cm³/mol. The summed E-state index contributed by atoms with van der Waals surface area (Å²) in [6.45, 7) is 0.922. The molecular weight excluding hydrogens is 444 g/mol. The molecule has 1 aromatic rings. The summed E-state index contributed by atoms with van der Waals surface area (Å²) in [5.41, 5.74) is 0.623. The number of carbonyl (C=O) groups is 1. The van der Waals surface area contributed by atoms with Gasteiger partial charge in [0.1, 0.15) is 55.1 Å².